The first-order chi connectivity index (χ1) is 26.5. The molecule has 7 rings (SSSR count). The van der Waals surface area contributed by atoms with Crippen LogP contribution in [0.5, 0.6) is 0 Å². The lowest BCUT2D eigenvalue weighted by molar-refractivity contribution is -0.249. The van der Waals surface area contributed by atoms with Gasteiger partial charge in [-0.05, 0) is 154 Å². The zero-order valence-electron chi connectivity index (χ0n) is 37.7. The molecule has 0 saturated heterocycles. The van der Waals surface area contributed by atoms with Gasteiger partial charge in [-0.3, -0.25) is 14.4 Å². The lowest BCUT2D eigenvalue weighted by Crippen LogP contribution is -2.67. The van der Waals surface area contributed by atoms with Crippen LogP contribution >= 0.6 is 0 Å². The highest BCUT2D eigenvalue weighted by Gasteiger charge is 2.72. The number of aromatic nitrogens is 2. The summed E-state index contributed by atoms with van der Waals surface area (Å²) < 4.78 is 17.6. The number of rotatable bonds is 12. The molecule has 1 aromatic rings. The number of hydrogen-bond donors (Lipinski definition) is 0. The molecule has 0 unspecified atom stereocenters. The van der Waals surface area contributed by atoms with Gasteiger partial charge < -0.3 is 13.9 Å². The maximum Gasteiger partial charge on any atom is 0.310 e. The number of ether oxygens (including phenoxy) is 2. The lowest BCUT2D eigenvalue weighted by atomic mass is 9.32. The molecule has 1 heterocycles. The maximum absolute atomic E-state index is 15.2. The summed E-state index contributed by atoms with van der Waals surface area (Å²) in [5.41, 5.74) is 0.334. The first-order valence-electron chi connectivity index (χ1n) is 22.8. The zero-order valence-corrected chi connectivity index (χ0v) is 37.7. The maximum atomic E-state index is 15.2. The fraction of sp³-hybridized carbons (Fsp3) is 0.857. The fourth-order valence-corrected chi connectivity index (χ4v) is 15.6. The Morgan fingerprint density at radius 2 is 1.61 bits per heavy atom. The van der Waals surface area contributed by atoms with E-state index in [-0.39, 0.29) is 56.9 Å². The van der Waals surface area contributed by atoms with Crippen LogP contribution in [0.25, 0.3) is 0 Å². The second kappa shape index (κ2) is 14.3. The van der Waals surface area contributed by atoms with Crippen molar-refractivity contribution in [1.29, 1.82) is 0 Å². The van der Waals surface area contributed by atoms with Crippen molar-refractivity contribution in [2.45, 2.75) is 191 Å². The van der Waals surface area contributed by atoms with E-state index in [9.17, 15) is 9.59 Å². The summed E-state index contributed by atoms with van der Waals surface area (Å²) in [4.78, 5) is 39.4. The monoisotopic (exact) mass is 789 g/mol. The minimum absolute atomic E-state index is 0.0510. The molecule has 0 radical (unpaired) electrons. The molecule has 0 N–H and O–H groups in total. The highest BCUT2D eigenvalue weighted by Crippen LogP contribution is 2.78. The normalized spacial score (nSPS) is 41.8. The van der Waals surface area contributed by atoms with Crippen molar-refractivity contribution in [3.8, 4) is 0 Å². The third kappa shape index (κ3) is 6.61. The highest BCUT2D eigenvalue weighted by molar-refractivity contribution is 5.86. The van der Waals surface area contributed by atoms with E-state index in [4.69, 9.17) is 13.9 Å². The summed E-state index contributed by atoms with van der Waals surface area (Å²) in [7, 11) is 0. The van der Waals surface area contributed by atoms with Gasteiger partial charge in [-0.2, -0.15) is 0 Å². The average Bonchev–Trinajstić information content (AvgIpc) is 3.72. The fourth-order valence-electron chi connectivity index (χ4n) is 15.6. The third-order valence-corrected chi connectivity index (χ3v) is 19.0. The number of allylic oxidation sites excluding steroid dienone is 1. The summed E-state index contributed by atoms with van der Waals surface area (Å²) in [6.45, 7) is 32.3. The highest BCUT2D eigenvalue weighted by atomic mass is 16.6. The van der Waals surface area contributed by atoms with Crippen molar-refractivity contribution in [3.63, 3.8) is 0 Å². The Morgan fingerprint density at radius 3 is 2.26 bits per heavy atom. The molecule has 57 heavy (non-hydrogen) atoms. The van der Waals surface area contributed by atoms with Gasteiger partial charge in [-0.25, -0.2) is 0 Å². The second-order valence-corrected chi connectivity index (χ2v) is 23.4. The summed E-state index contributed by atoms with van der Waals surface area (Å²) in [5, 5.41) is 8.86. The van der Waals surface area contributed by atoms with E-state index in [1.165, 1.54) is 24.8 Å². The number of hydrogen-bond acceptors (Lipinski definition) is 8. The second-order valence-electron chi connectivity index (χ2n) is 23.4. The van der Waals surface area contributed by atoms with Crippen LogP contribution in [0, 0.1) is 73.9 Å². The Hall–Kier alpha value is -2.51. The molecule has 8 nitrogen and oxygen atoms in total. The predicted molar refractivity (Wildman–Crippen MR) is 222 cm³/mol. The quantitative estimate of drug-likeness (QED) is 0.117. The molecule has 0 aliphatic heterocycles. The van der Waals surface area contributed by atoms with Crippen LogP contribution in [0.3, 0.4) is 0 Å². The molecule has 1 aromatic heterocycles. The molecular formula is C49H76N2O6. The van der Waals surface area contributed by atoms with Crippen LogP contribution in [0.1, 0.15) is 184 Å². The smallest absolute Gasteiger partial charge is 0.310 e. The number of carbonyl (C=O) groups is 3. The van der Waals surface area contributed by atoms with E-state index in [2.05, 4.69) is 86.0 Å². The Bertz CT molecular complexity index is 1740. The van der Waals surface area contributed by atoms with Crippen molar-refractivity contribution in [3.05, 3.63) is 23.9 Å². The standard InChI is InChI=1S/C49H76N2O6/c1-29(2)24-39-50-51-42(57-39)34-25-31(44(34,7)8)26-37(53)49-21-16-32(30(3)4)41(49)33-14-15-36-46(11)19-18-38(56-40(54)27-43(5,6)55-28-52)45(9,10)35(46)17-20-48(36,13)47(33,12)22-23-49/h28-29,31-36,38,41H,3,14-27H2,1-2,4-13H3/t31-,32-,33+,34+,35-,36+,38-,41+,46-,47+,48+,49+/m0/s1. The van der Waals surface area contributed by atoms with E-state index in [1.54, 1.807) is 13.8 Å². The number of esters is 1. The molecule has 318 valence electrons. The molecule has 0 spiro atoms. The Morgan fingerprint density at radius 1 is 0.895 bits per heavy atom. The number of nitrogens with zero attached hydrogens (tertiary/aromatic N) is 2. The van der Waals surface area contributed by atoms with E-state index in [1.807, 2.05) is 0 Å². The van der Waals surface area contributed by atoms with Crippen molar-refractivity contribution in [2.24, 2.45) is 73.9 Å². The molecule has 6 fully saturated rings. The van der Waals surface area contributed by atoms with E-state index in [0.717, 1.165) is 69.6 Å². The predicted octanol–water partition coefficient (Wildman–Crippen LogP) is 11.3. The Balaban J connectivity index is 1.10. The lowest BCUT2D eigenvalue weighted by Gasteiger charge is -2.73. The Labute approximate surface area is 344 Å². The van der Waals surface area contributed by atoms with Gasteiger partial charge in [0.15, 0.2) is 0 Å². The van der Waals surface area contributed by atoms with Gasteiger partial charge in [0.05, 0.1) is 6.42 Å². The Kier molecular flexibility index (Phi) is 10.7. The van der Waals surface area contributed by atoms with Crippen LogP contribution < -0.4 is 0 Å². The van der Waals surface area contributed by atoms with Crippen LogP contribution in [-0.4, -0.2) is 40.1 Å². The summed E-state index contributed by atoms with van der Waals surface area (Å²) in [6.07, 6.45) is 13.1. The summed E-state index contributed by atoms with van der Waals surface area (Å²) >= 11 is 0. The van der Waals surface area contributed by atoms with E-state index < -0.39 is 5.60 Å². The number of Topliss-reactive ketones (excluding diaryl/α,β-unsaturated/α-hetero) is 1. The SMILES string of the molecule is C=C(C)[C@@H]1CC[C@]2(C(=O)C[C@@H]3C[C@H](c4nnc(CC(C)C)o4)C3(C)C)CC[C@]3(C)[C@H](CC[C@@H]4[C@@]5(C)CC[C@H](OC(=O)CC(C)(C)OC=O)C(C)(C)[C@@H]5CC[C@]43C)[C@@H]12. The number of ketones is 1. The third-order valence-electron chi connectivity index (χ3n) is 19.0. The number of fused-ring (bicyclic) bond motifs is 7. The topological polar surface area (TPSA) is 109 Å². The first-order valence-corrected chi connectivity index (χ1v) is 22.8. The van der Waals surface area contributed by atoms with Gasteiger partial charge in [0.25, 0.3) is 6.47 Å². The zero-order chi connectivity index (χ0) is 41.7. The van der Waals surface area contributed by atoms with Gasteiger partial charge >= 0.3 is 5.97 Å². The molecule has 6 saturated carbocycles. The van der Waals surface area contributed by atoms with E-state index >= 15 is 4.79 Å². The van der Waals surface area contributed by atoms with Crippen LogP contribution in [0.4, 0.5) is 0 Å². The molecule has 0 aromatic carbocycles. The van der Waals surface area contributed by atoms with Gasteiger partial charge in [0.1, 0.15) is 17.5 Å². The molecule has 8 heteroatoms. The largest absolute Gasteiger partial charge is 0.462 e. The molecule has 12 atom stereocenters. The minimum atomic E-state index is -0.887. The van der Waals surface area contributed by atoms with Crippen LogP contribution in [0.15, 0.2) is 16.6 Å². The van der Waals surface area contributed by atoms with Gasteiger partial charge in [-0.15, -0.1) is 10.2 Å². The molecule has 0 amide bonds. The van der Waals surface area contributed by atoms with Gasteiger partial charge in [0.2, 0.25) is 11.8 Å². The van der Waals surface area contributed by atoms with Crippen molar-refractivity contribution in [1.82, 2.24) is 10.2 Å². The molecule has 0 bridgehead atoms. The average molecular weight is 789 g/mol. The minimum Gasteiger partial charge on any atom is -0.462 e. The van der Waals surface area contributed by atoms with Gasteiger partial charge in [-0.1, -0.05) is 74.5 Å². The number of carbonyl (C=O) groups excluding carboxylic acids is 3. The first kappa shape index (κ1) is 42.6. The van der Waals surface area contributed by atoms with Crippen LogP contribution in [0.2, 0.25) is 0 Å². The van der Waals surface area contributed by atoms with Crippen molar-refractivity contribution >= 4 is 18.2 Å². The van der Waals surface area contributed by atoms with Crippen LogP contribution in [-0.2, 0) is 30.3 Å². The summed E-state index contributed by atoms with van der Waals surface area (Å²) in [6, 6.07) is 0. The van der Waals surface area contributed by atoms with Crippen molar-refractivity contribution < 1.29 is 28.3 Å². The van der Waals surface area contributed by atoms with Crippen molar-refractivity contribution in [2.75, 3.05) is 0 Å². The molecular weight excluding hydrogens is 713 g/mol. The molecule has 6 aliphatic rings. The van der Waals surface area contributed by atoms with E-state index in [0.29, 0.717) is 60.1 Å². The molecule has 6 aliphatic carbocycles. The van der Waals surface area contributed by atoms with Gasteiger partial charge in [0, 0.05) is 29.6 Å². The summed E-state index contributed by atoms with van der Waals surface area (Å²) in [5.74, 6) is 4.99.